The van der Waals surface area contributed by atoms with Gasteiger partial charge in [-0.15, -0.1) is 0 Å². The molecule has 6 unspecified atom stereocenters. The van der Waals surface area contributed by atoms with Crippen LogP contribution in [0.15, 0.2) is 116 Å². The van der Waals surface area contributed by atoms with Gasteiger partial charge in [0.1, 0.15) is 6.61 Å². The number of carbonyl (C=O) groups excluding carboxylic acids is 1. The van der Waals surface area contributed by atoms with Crippen LogP contribution in [-0.2, 0) is 27.4 Å². The smallest absolute Gasteiger partial charge is 0.407 e. The normalized spacial score (nSPS) is 20.5. The molecule has 1 aliphatic rings. The lowest BCUT2D eigenvalue weighted by Gasteiger charge is -2.43. The molecule has 48 heavy (non-hydrogen) atoms. The molecule has 1 amide bonds. The number of nitrogens with zero attached hydrogens (tertiary/aromatic N) is 1. The molecule has 0 spiro atoms. The molecule has 1 aliphatic heterocycles. The molecule has 8 nitrogen and oxygen atoms in total. The topological polar surface area (TPSA) is 100 Å². The van der Waals surface area contributed by atoms with Crippen molar-refractivity contribution in [3.8, 4) is 11.1 Å². The van der Waals surface area contributed by atoms with Crippen molar-refractivity contribution in [2.45, 2.75) is 57.6 Å². The molecule has 3 N–H and O–H groups in total. The zero-order chi connectivity index (χ0) is 34.0. The number of ether oxygens (including phenoxy) is 3. The van der Waals surface area contributed by atoms with Crippen LogP contribution in [0.5, 0.6) is 0 Å². The molecule has 6 atom stereocenters. The first-order chi connectivity index (χ1) is 23.3. The van der Waals surface area contributed by atoms with E-state index in [1.807, 2.05) is 105 Å². The van der Waals surface area contributed by atoms with Gasteiger partial charge >= 0.3 is 6.09 Å². The van der Waals surface area contributed by atoms with E-state index in [9.17, 15) is 15.0 Å². The molecule has 0 saturated carbocycles. The van der Waals surface area contributed by atoms with Gasteiger partial charge in [-0.1, -0.05) is 117 Å². The Morgan fingerprint density at radius 2 is 1.65 bits per heavy atom. The van der Waals surface area contributed by atoms with Gasteiger partial charge in [-0.25, -0.2) is 4.79 Å². The number of hydrogen-bond acceptors (Lipinski definition) is 7. The fourth-order valence-corrected chi connectivity index (χ4v) is 6.00. The Balaban J connectivity index is 1.33. The van der Waals surface area contributed by atoms with Crippen LogP contribution in [0, 0.1) is 5.92 Å². The number of likely N-dealkylation sites (N-methyl/N-ethyl adjacent to an activating group) is 1. The minimum absolute atomic E-state index is 0.00872. The maximum atomic E-state index is 11.9. The van der Waals surface area contributed by atoms with Gasteiger partial charge in [0.15, 0.2) is 6.29 Å². The summed E-state index contributed by atoms with van der Waals surface area (Å²) < 4.78 is 18.4. The van der Waals surface area contributed by atoms with E-state index >= 15 is 0 Å². The summed E-state index contributed by atoms with van der Waals surface area (Å²) in [5, 5.41) is 23.5. The molecule has 4 aromatic carbocycles. The zero-order valence-corrected chi connectivity index (χ0v) is 27.9. The third-order valence-electron chi connectivity index (χ3n) is 9.10. The van der Waals surface area contributed by atoms with Crippen LogP contribution in [0.2, 0.25) is 0 Å². The number of aliphatic hydroxyl groups is 2. The van der Waals surface area contributed by atoms with Crippen LogP contribution in [0.1, 0.15) is 60.2 Å². The Morgan fingerprint density at radius 1 is 0.938 bits per heavy atom. The van der Waals surface area contributed by atoms with Gasteiger partial charge in [0.25, 0.3) is 0 Å². The Kier molecular flexibility index (Phi) is 12.2. The molecule has 0 bridgehead atoms. The molecule has 0 radical (unpaired) electrons. The summed E-state index contributed by atoms with van der Waals surface area (Å²) in [6.07, 6.45) is -0.643. The molecule has 1 fully saturated rings. The third kappa shape index (κ3) is 8.78. The van der Waals surface area contributed by atoms with E-state index in [1.165, 1.54) is 6.08 Å². The highest BCUT2D eigenvalue weighted by atomic mass is 16.7. The van der Waals surface area contributed by atoms with Crippen LogP contribution in [0.3, 0.4) is 0 Å². The predicted octanol–water partition coefficient (Wildman–Crippen LogP) is 7.10. The van der Waals surface area contributed by atoms with Crippen molar-refractivity contribution in [3.05, 3.63) is 144 Å². The highest BCUT2D eigenvalue weighted by Gasteiger charge is 2.39. The lowest BCUT2D eigenvalue weighted by atomic mass is 9.89. The quantitative estimate of drug-likeness (QED) is 0.133. The summed E-state index contributed by atoms with van der Waals surface area (Å²) in [7, 11) is 2.02. The number of hydrogen-bond donors (Lipinski definition) is 3. The van der Waals surface area contributed by atoms with E-state index in [-0.39, 0.29) is 37.4 Å². The maximum Gasteiger partial charge on any atom is 0.407 e. The zero-order valence-electron chi connectivity index (χ0n) is 27.9. The van der Waals surface area contributed by atoms with Crippen molar-refractivity contribution in [1.82, 2.24) is 10.2 Å². The predicted molar refractivity (Wildman–Crippen MR) is 187 cm³/mol. The minimum Gasteiger partial charge on any atom is -0.445 e. The van der Waals surface area contributed by atoms with Gasteiger partial charge in [-0.05, 0) is 53.4 Å². The highest BCUT2D eigenvalue weighted by molar-refractivity contribution is 5.68. The van der Waals surface area contributed by atoms with Crippen molar-refractivity contribution in [2.24, 2.45) is 5.92 Å². The van der Waals surface area contributed by atoms with Crippen LogP contribution < -0.4 is 5.32 Å². The second kappa shape index (κ2) is 16.7. The van der Waals surface area contributed by atoms with Gasteiger partial charge < -0.3 is 29.7 Å². The Morgan fingerprint density at radius 3 is 2.33 bits per heavy atom. The fraction of sp³-hybridized carbons (Fsp3) is 0.325. The summed E-state index contributed by atoms with van der Waals surface area (Å²) in [5.74, 6) is 0.00872. The highest BCUT2D eigenvalue weighted by Crippen LogP contribution is 2.42. The van der Waals surface area contributed by atoms with E-state index in [0.717, 1.165) is 38.9 Å². The summed E-state index contributed by atoms with van der Waals surface area (Å²) in [4.78, 5) is 14.0. The van der Waals surface area contributed by atoms with Gasteiger partial charge in [-0.3, -0.25) is 4.90 Å². The number of rotatable bonds is 13. The first-order valence-corrected chi connectivity index (χ1v) is 16.4. The van der Waals surface area contributed by atoms with Gasteiger partial charge in [-0.2, -0.15) is 0 Å². The second-order valence-electron chi connectivity index (χ2n) is 12.4. The Hall–Kier alpha value is -4.31. The van der Waals surface area contributed by atoms with Crippen LogP contribution in [0.4, 0.5) is 4.79 Å². The van der Waals surface area contributed by atoms with Crippen molar-refractivity contribution in [1.29, 1.82) is 0 Å². The van der Waals surface area contributed by atoms with Crippen LogP contribution in [-0.4, -0.2) is 53.6 Å². The molecular formula is C40H46N2O6. The standard InChI is InChI=1S/C40H46N2O6/c1-5-22-46-40(45)41-24-30-10-9-13-35(23-30)31-18-20-34(21-19-31)39-47-36(25-42(4)28(3)37(44)32-11-7-6-8-12-32)27(2)38(48-39)33-16-14-29(26-43)15-17-33/h5-21,23,27-28,36-39,43-44H,1,22,24-26H2,2-4H3,(H,41,45). The second-order valence-corrected chi connectivity index (χ2v) is 12.4. The van der Waals surface area contributed by atoms with Crippen molar-refractivity contribution in [2.75, 3.05) is 20.2 Å². The van der Waals surface area contributed by atoms with Crippen LogP contribution >= 0.6 is 0 Å². The Labute approximate surface area is 283 Å². The monoisotopic (exact) mass is 650 g/mol. The number of alkyl carbamates (subject to hydrolysis) is 1. The largest absolute Gasteiger partial charge is 0.445 e. The average molecular weight is 651 g/mol. The third-order valence-corrected chi connectivity index (χ3v) is 9.10. The molecule has 5 rings (SSSR count). The molecule has 252 valence electrons. The van der Waals surface area contributed by atoms with Crippen LogP contribution in [0.25, 0.3) is 11.1 Å². The molecular weight excluding hydrogens is 604 g/mol. The number of carbonyl (C=O) groups is 1. The first-order valence-electron chi connectivity index (χ1n) is 16.4. The van der Waals surface area contributed by atoms with Gasteiger partial charge in [0.05, 0.1) is 24.9 Å². The maximum absolute atomic E-state index is 11.9. The Bertz CT molecular complexity index is 1610. The summed E-state index contributed by atoms with van der Waals surface area (Å²) in [5.41, 5.74) is 6.64. The first kappa shape index (κ1) is 35.0. The van der Waals surface area contributed by atoms with Crippen molar-refractivity contribution >= 4 is 6.09 Å². The van der Waals surface area contributed by atoms with E-state index in [4.69, 9.17) is 14.2 Å². The van der Waals surface area contributed by atoms with Crippen molar-refractivity contribution < 1.29 is 29.2 Å². The van der Waals surface area contributed by atoms with Crippen molar-refractivity contribution in [3.63, 3.8) is 0 Å². The van der Waals surface area contributed by atoms with Gasteiger partial charge in [0.2, 0.25) is 0 Å². The van der Waals surface area contributed by atoms with E-state index in [1.54, 1.807) is 0 Å². The van der Waals surface area contributed by atoms with E-state index in [0.29, 0.717) is 13.1 Å². The molecule has 8 heteroatoms. The minimum atomic E-state index is -0.642. The summed E-state index contributed by atoms with van der Waals surface area (Å²) >= 11 is 0. The average Bonchev–Trinajstić information content (AvgIpc) is 3.13. The summed E-state index contributed by atoms with van der Waals surface area (Å²) in [6, 6.07) is 33.6. The summed E-state index contributed by atoms with van der Waals surface area (Å²) in [6.45, 7) is 8.82. The number of nitrogens with one attached hydrogen (secondary N) is 1. The molecule has 1 saturated heterocycles. The van der Waals surface area contributed by atoms with Gasteiger partial charge in [0, 0.05) is 30.6 Å². The molecule has 0 aromatic heterocycles. The molecule has 4 aromatic rings. The fourth-order valence-electron chi connectivity index (χ4n) is 6.00. The molecule has 0 aliphatic carbocycles. The number of benzene rings is 4. The number of amides is 1. The lowest BCUT2D eigenvalue weighted by Crippen LogP contribution is -2.46. The van der Waals surface area contributed by atoms with E-state index < -0.39 is 18.5 Å². The lowest BCUT2D eigenvalue weighted by molar-refractivity contribution is -0.276. The molecule has 1 heterocycles. The SMILES string of the molecule is C=CCOC(=O)NCc1cccc(-c2ccc(C3OC(CN(C)C(C)C(O)c4ccccc4)C(C)C(c4ccc(CO)cc4)O3)cc2)c1. The number of aliphatic hydroxyl groups excluding tert-OH is 2. The van der Waals surface area contributed by atoms with E-state index in [2.05, 4.69) is 35.9 Å².